The van der Waals surface area contributed by atoms with Gasteiger partial charge in [-0.2, -0.15) is 0 Å². The van der Waals surface area contributed by atoms with Gasteiger partial charge in [0.1, 0.15) is 12.9 Å². The number of nitrogens with zero attached hydrogens (tertiary/aromatic N) is 5. The van der Waals surface area contributed by atoms with E-state index >= 15 is 0 Å². The molecule has 2 aliphatic rings. The van der Waals surface area contributed by atoms with Gasteiger partial charge in [-0.25, -0.2) is 4.68 Å². The van der Waals surface area contributed by atoms with Gasteiger partial charge in [-0.15, -0.1) is 5.10 Å². The molecule has 1 atom stereocenters. The average molecular weight is 375 g/mol. The van der Waals surface area contributed by atoms with E-state index < -0.39 is 0 Å². The van der Waals surface area contributed by atoms with E-state index in [-0.39, 0.29) is 24.2 Å². The van der Waals surface area contributed by atoms with Gasteiger partial charge in [0, 0.05) is 24.6 Å². The topological polar surface area (TPSA) is 81.0 Å². The summed E-state index contributed by atoms with van der Waals surface area (Å²) >= 11 is 0. The quantitative estimate of drug-likeness (QED) is 0.652. The molecule has 28 heavy (non-hydrogen) atoms. The van der Waals surface area contributed by atoms with Crippen LogP contribution in [0.25, 0.3) is 10.8 Å². The maximum absolute atomic E-state index is 13.4. The summed E-state index contributed by atoms with van der Waals surface area (Å²) in [6.07, 6.45) is 5.17. The van der Waals surface area contributed by atoms with Crippen LogP contribution in [0, 0.1) is 5.92 Å². The fourth-order valence-corrected chi connectivity index (χ4v) is 4.59. The Hall–Kier alpha value is -3.09. The van der Waals surface area contributed by atoms with Crippen molar-refractivity contribution in [1.82, 2.24) is 25.1 Å². The van der Waals surface area contributed by atoms with E-state index in [4.69, 9.17) is 0 Å². The zero-order valence-corrected chi connectivity index (χ0v) is 15.5. The highest BCUT2D eigenvalue weighted by Crippen LogP contribution is 2.34. The van der Waals surface area contributed by atoms with Crippen LogP contribution in [0.4, 0.5) is 0 Å². The van der Waals surface area contributed by atoms with Crippen LogP contribution in [-0.2, 0) is 24.2 Å². The van der Waals surface area contributed by atoms with Gasteiger partial charge in [0.2, 0.25) is 5.91 Å². The summed E-state index contributed by atoms with van der Waals surface area (Å²) in [6.45, 7) is 1.24. The Bertz CT molecular complexity index is 1050. The zero-order valence-electron chi connectivity index (χ0n) is 15.5. The molecule has 0 saturated carbocycles. The third kappa shape index (κ3) is 2.87. The smallest absolute Gasteiger partial charge is 0.244 e. The Morgan fingerprint density at radius 3 is 2.79 bits per heavy atom. The predicted octanol–water partition coefficient (Wildman–Crippen LogP) is 2.05. The number of benzene rings is 2. The van der Waals surface area contributed by atoms with Crippen molar-refractivity contribution in [2.24, 2.45) is 5.92 Å². The summed E-state index contributed by atoms with van der Waals surface area (Å²) in [5.41, 5.74) is 3.47. The first-order valence-corrected chi connectivity index (χ1v) is 9.77. The molecule has 1 saturated heterocycles. The molecule has 0 unspecified atom stereocenters. The lowest BCUT2D eigenvalue weighted by Gasteiger charge is -2.32. The van der Waals surface area contributed by atoms with E-state index in [9.17, 15) is 9.59 Å². The van der Waals surface area contributed by atoms with E-state index in [1.54, 1.807) is 4.90 Å². The Kier molecular flexibility index (Phi) is 4.15. The molecule has 0 radical (unpaired) electrons. The standard InChI is InChI=1S/C21H21N5O2/c27-19(12-26-13-22-23-24-26)25-10-2-4-16(11-25)21(28)18-9-8-15-7-6-14-3-1-5-17(18)20(14)15/h1,3,5,8-9,13,16H,2,4,6-7,10-12H2/t16-/m0/s1. The molecule has 0 spiro atoms. The van der Waals surface area contributed by atoms with Crippen LogP contribution in [0.3, 0.4) is 0 Å². The van der Waals surface area contributed by atoms with E-state index in [0.717, 1.165) is 36.6 Å². The fraction of sp³-hybridized carbons (Fsp3) is 0.381. The van der Waals surface area contributed by atoms with Crippen molar-refractivity contribution in [3.8, 4) is 0 Å². The largest absolute Gasteiger partial charge is 0.340 e. The monoisotopic (exact) mass is 375 g/mol. The fourth-order valence-electron chi connectivity index (χ4n) is 4.59. The first-order chi connectivity index (χ1) is 13.7. The molecule has 2 heterocycles. The highest BCUT2D eigenvalue weighted by molar-refractivity contribution is 6.11. The van der Waals surface area contributed by atoms with E-state index in [1.807, 2.05) is 12.1 Å². The maximum Gasteiger partial charge on any atom is 0.244 e. The number of aromatic nitrogens is 4. The van der Waals surface area contributed by atoms with E-state index in [2.05, 4.69) is 33.7 Å². The SMILES string of the molecule is O=C(c1ccc2c3c(cccc13)CC2)[C@H]1CCCN(C(=O)Cn2cnnn2)C1. The van der Waals surface area contributed by atoms with Gasteiger partial charge in [0.05, 0.1) is 0 Å². The van der Waals surface area contributed by atoms with Gasteiger partial charge in [0.25, 0.3) is 0 Å². The van der Waals surface area contributed by atoms with Crippen molar-refractivity contribution < 1.29 is 9.59 Å². The molecule has 1 amide bonds. The minimum absolute atomic E-state index is 0.0507. The number of rotatable bonds is 4. The second kappa shape index (κ2) is 6.82. The molecular weight excluding hydrogens is 354 g/mol. The molecule has 2 aromatic carbocycles. The van der Waals surface area contributed by atoms with Gasteiger partial charge in [0.15, 0.2) is 5.78 Å². The number of likely N-dealkylation sites (tertiary alicyclic amines) is 1. The molecule has 1 fully saturated rings. The molecule has 7 heteroatoms. The summed E-state index contributed by atoms with van der Waals surface area (Å²) in [6, 6.07) is 10.4. The van der Waals surface area contributed by atoms with Crippen LogP contribution < -0.4 is 0 Å². The molecular formula is C21H21N5O2. The van der Waals surface area contributed by atoms with Crippen LogP contribution in [0.2, 0.25) is 0 Å². The number of hydrogen-bond donors (Lipinski definition) is 0. The number of piperidine rings is 1. The van der Waals surface area contributed by atoms with Crippen LogP contribution in [0.1, 0.15) is 34.3 Å². The third-order valence-corrected chi connectivity index (χ3v) is 5.98. The Balaban J connectivity index is 1.38. The number of amides is 1. The zero-order chi connectivity index (χ0) is 19.1. The number of carbonyl (C=O) groups excluding carboxylic acids is 2. The molecule has 7 nitrogen and oxygen atoms in total. The summed E-state index contributed by atoms with van der Waals surface area (Å²) in [5.74, 6) is -0.0641. The number of ketones is 1. The van der Waals surface area contributed by atoms with Gasteiger partial charge in [-0.3, -0.25) is 9.59 Å². The predicted molar refractivity (Wildman–Crippen MR) is 103 cm³/mol. The molecule has 1 aromatic heterocycles. The van der Waals surface area contributed by atoms with E-state index in [1.165, 1.54) is 27.5 Å². The molecule has 3 aromatic rings. The number of hydrogen-bond acceptors (Lipinski definition) is 5. The first kappa shape index (κ1) is 17.0. The first-order valence-electron chi connectivity index (χ1n) is 9.77. The average Bonchev–Trinajstić information content (AvgIpc) is 3.39. The lowest BCUT2D eigenvalue weighted by molar-refractivity contribution is -0.133. The normalized spacial score (nSPS) is 18.6. The van der Waals surface area contributed by atoms with Crippen molar-refractivity contribution in [1.29, 1.82) is 0 Å². The van der Waals surface area contributed by atoms with Crippen molar-refractivity contribution in [3.63, 3.8) is 0 Å². The van der Waals surface area contributed by atoms with Crippen molar-refractivity contribution >= 4 is 22.5 Å². The van der Waals surface area contributed by atoms with Crippen LogP contribution in [0.5, 0.6) is 0 Å². The van der Waals surface area contributed by atoms with Crippen molar-refractivity contribution in [2.45, 2.75) is 32.2 Å². The second-order valence-corrected chi connectivity index (χ2v) is 7.66. The molecule has 0 bridgehead atoms. The summed E-state index contributed by atoms with van der Waals surface area (Å²) in [7, 11) is 0. The van der Waals surface area contributed by atoms with Crippen LogP contribution >= 0.6 is 0 Å². The number of Topliss-reactive ketones (excluding diaryl/α,β-unsaturated/α-hetero) is 1. The van der Waals surface area contributed by atoms with Crippen LogP contribution in [0.15, 0.2) is 36.7 Å². The molecule has 5 rings (SSSR count). The Morgan fingerprint density at radius 2 is 1.96 bits per heavy atom. The van der Waals surface area contributed by atoms with E-state index in [0.29, 0.717) is 13.1 Å². The molecule has 1 aliphatic heterocycles. The Labute approximate surface area is 162 Å². The van der Waals surface area contributed by atoms with Gasteiger partial charge in [-0.05, 0) is 58.0 Å². The molecule has 142 valence electrons. The second-order valence-electron chi connectivity index (χ2n) is 7.66. The third-order valence-electron chi connectivity index (χ3n) is 5.98. The highest BCUT2D eigenvalue weighted by Gasteiger charge is 2.30. The van der Waals surface area contributed by atoms with Crippen molar-refractivity contribution in [2.75, 3.05) is 13.1 Å². The maximum atomic E-state index is 13.4. The lowest BCUT2D eigenvalue weighted by Crippen LogP contribution is -2.43. The van der Waals surface area contributed by atoms with Gasteiger partial charge in [-0.1, -0.05) is 30.3 Å². The highest BCUT2D eigenvalue weighted by atomic mass is 16.2. The minimum atomic E-state index is -0.162. The summed E-state index contributed by atoms with van der Waals surface area (Å²) < 4.78 is 1.41. The number of carbonyl (C=O) groups is 2. The lowest BCUT2D eigenvalue weighted by atomic mass is 9.87. The minimum Gasteiger partial charge on any atom is -0.340 e. The summed E-state index contributed by atoms with van der Waals surface area (Å²) in [4.78, 5) is 27.7. The number of aryl methyl sites for hydroxylation is 2. The van der Waals surface area contributed by atoms with Crippen molar-refractivity contribution in [3.05, 3.63) is 53.3 Å². The number of tetrazole rings is 1. The molecule has 1 aliphatic carbocycles. The summed E-state index contributed by atoms with van der Waals surface area (Å²) in [5, 5.41) is 13.2. The van der Waals surface area contributed by atoms with Crippen LogP contribution in [-0.4, -0.2) is 49.9 Å². The Morgan fingerprint density at radius 1 is 1.11 bits per heavy atom. The molecule has 0 N–H and O–H groups in total. The van der Waals surface area contributed by atoms with Gasteiger partial charge < -0.3 is 4.90 Å². The van der Waals surface area contributed by atoms with Gasteiger partial charge >= 0.3 is 0 Å².